The summed E-state index contributed by atoms with van der Waals surface area (Å²) in [5.41, 5.74) is 18.7. The molecular weight excluding hydrogens is 583 g/mol. The second kappa shape index (κ2) is 14.4. The molecule has 0 aliphatic heterocycles. The number of aliphatic imine (C=N–C) groups is 2. The maximum atomic E-state index is 6.57. The van der Waals surface area contributed by atoms with Gasteiger partial charge in [-0.2, -0.15) is 0 Å². The number of hydrogen-bond acceptors (Lipinski definition) is 1. The summed E-state index contributed by atoms with van der Waals surface area (Å²) < 4.78 is 0. The maximum Gasteiger partial charge on any atom is 0.157 e. The third-order valence-electron chi connectivity index (χ3n) is 8.41. The van der Waals surface area contributed by atoms with Crippen LogP contribution in [-0.4, -0.2) is 11.7 Å². The minimum Gasteiger partial charge on any atom is -0.383 e. The first-order valence-corrected chi connectivity index (χ1v) is 16.2. The molecular formula is C45H35N3. The van der Waals surface area contributed by atoms with E-state index in [0.717, 1.165) is 38.9 Å². The van der Waals surface area contributed by atoms with Gasteiger partial charge in [0.25, 0.3) is 0 Å². The lowest BCUT2D eigenvalue weighted by Gasteiger charge is -2.13. The summed E-state index contributed by atoms with van der Waals surface area (Å²) in [6.07, 6.45) is 0. The van der Waals surface area contributed by atoms with Crippen LogP contribution >= 0.6 is 0 Å². The van der Waals surface area contributed by atoms with Crippen LogP contribution in [0, 0.1) is 0 Å². The second-order valence-corrected chi connectivity index (χ2v) is 11.6. The van der Waals surface area contributed by atoms with E-state index in [2.05, 4.69) is 146 Å². The average molecular weight is 618 g/mol. The Morgan fingerprint density at radius 2 is 0.854 bits per heavy atom. The van der Waals surface area contributed by atoms with E-state index in [0.29, 0.717) is 18.2 Å². The molecule has 0 radical (unpaired) electrons. The molecule has 3 heteroatoms. The molecule has 7 aromatic rings. The fourth-order valence-corrected chi connectivity index (χ4v) is 5.89. The van der Waals surface area contributed by atoms with Crippen molar-refractivity contribution in [2.45, 2.75) is 6.54 Å². The maximum absolute atomic E-state index is 6.57. The number of nitrogens with two attached hydrogens (primary N) is 1. The first kappa shape index (κ1) is 30.3. The Bertz CT molecular complexity index is 2180. The molecule has 2 N–H and O–H groups in total. The van der Waals surface area contributed by atoms with Crippen LogP contribution in [0.2, 0.25) is 0 Å². The molecule has 0 amide bonds. The molecule has 230 valence electrons. The standard InChI is InChI=1S/C45H35N3/c46-44(37-18-8-3-9-19-37)48-45(47-32-33-26-28-36(29-27-33)34-14-4-1-5-15-34)41-23-13-22-40(31-41)43-25-11-10-24-42(43)39-21-12-20-38(30-39)35-16-6-2-7-17-35/h1-31H,32H2,(H2,46,47,48). The summed E-state index contributed by atoms with van der Waals surface area (Å²) in [5.74, 6) is 1.02. The van der Waals surface area contributed by atoms with E-state index in [-0.39, 0.29) is 0 Å². The molecule has 7 aromatic carbocycles. The summed E-state index contributed by atoms with van der Waals surface area (Å²) in [7, 11) is 0. The highest BCUT2D eigenvalue weighted by Crippen LogP contribution is 2.34. The molecule has 0 bridgehead atoms. The van der Waals surface area contributed by atoms with Crippen molar-refractivity contribution in [3.05, 3.63) is 205 Å². The SMILES string of the molecule is NC(=NC(=NCc1ccc(-c2ccccc2)cc1)c1cccc(-c2ccccc2-c2cccc(-c3ccccc3)c2)c1)c1ccccc1. The van der Waals surface area contributed by atoms with E-state index in [1.165, 1.54) is 22.3 Å². The van der Waals surface area contributed by atoms with E-state index in [1.54, 1.807) is 0 Å². The molecule has 0 aliphatic rings. The third-order valence-corrected chi connectivity index (χ3v) is 8.41. The largest absolute Gasteiger partial charge is 0.383 e. The predicted molar refractivity (Wildman–Crippen MR) is 202 cm³/mol. The fourth-order valence-electron chi connectivity index (χ4n) is 5.89. The van der Waals surface area contributed by atoms with Gasteiger partial charge in [-0.05, 0) is 62.2 Å². The third kappa shape index (κ3) is 7.06. The Labute approximate surface area is 282 Å². The lowest BCUT2D eigenvalue weighted by atomic mass is 9.92. The van der Waals surface area contributed by atoms with Crippen molar-refractivity contribution in [3.63, 3.8) is 0 Å². The molecule has 0 aromatic heterocycles. The molecule has 0 spiro atoms. The number of rotatable bonds is 8. The summed E-state index contributed by atoms with van der Waals surface area (Å²) in [5, 5.41) is 0. The van der Waals surface area contributed by atoms with E-state index < -0.39 is 0 Å². The Balaban J connectivity index is 1.25. The summed E-state index contributed by atoms with van der Waals surface area (Å²) in [6, 6.07) is 65.0. The minimum atomic E-state index is 0.428. The Morgan fingerprint density at radius 3 is 1.50 bits per heavy atom. The van der Waals surface area contributed by atoms with E-state index >= 15 is 0 Å². The van der Waals surface area contributed by atoms with Crippen molar-refractivity contribution >= 4 is 11.7 Å². The van der Waals surface area contributed by atoms with Crippen LogP contribution in [0.5, 0.6) is 0 Å². The van der Waals surface area contributed by atoms with Crippen LogP contribution < -0.4 is 5.73 Å². The van der Waals surface area contributed by atoms with Crippen LogP contribution in [0.4, 0.5) is 0 Å². The Hall–Kier alpha value is -6.32. The van der Waals surface area contributed by atoms with Gasteiger partial charge in [0.2, 0.25) is 0 Å². The number of hydrogen-bond donors (Lipinski definition) is 1. The van der Waals surface area contributed by atoms with Crippen LogP contribution in [0.15, 0.2) is 198 Å². The average Bonchev–Trinajstić information content (AvgIpc) is 3.18. The monoisotopic (exact) mass is 617 g/mol. The van der Waals surface area contributed by atoms with Gasteiger partial charge in [-0.1, -0.05) is 176 Å². The second-order valence-electron chi connectivity index (χ2n) is 11.6. The van der Waals surface area contributed by atoms with Crippen LogP contribution in [0.25, 0.3) is 44.5 Å². The Morgan fingerprint density at radius 1 is 0.396 bits per heavy atom. The summed E-state index contributed by atoms with van der Waals surface area (Å²) >= 11 is 0. The lowest BCUT2D eigenvalue weighted by Crippen LogP contribution is -2.16. The molecule has 3 nitrogen and oxygen atoms in total. The van der Waals surface area contributed by atoms with Gasteiger partial charge in [0.1, 0.15) is 5.84 Å². The van der Waals surface area contributed by atoms with Gasteiger partial charge in [0.05, 0.1) is 6.54 Å². The molecule has 0 aliphatic carbocycles. The van der Waals surface area contributed by atoms with Crippen molar-refractivity contribution < 1.29 is 0 Å². The lowest BCUT2D eigenvalue weighted by molar-refractivity contribution is 1.06. The molecule has 7 rings (SSSR count). The van der Waals surface area contributed by atoms with Crippen LogP contribution in [0.3, 0.4) is 0 Å². The summed E-state index contributed by atoms with van der Waals surface area (Å²) in [4.78, 5) is 9.94. The molecule has 0 saturated heterocycles. The van der Waals surface area contributed by atoms with E-state index in [9.17, 15) is 0 Å². The van der Waals surface area contributed by atoms with Crippen LogP contribution in [-0.2, 0) is 6.54 Å². The molecule has 0 heterocycles. The number of amidine groups is 2. The van der Waals surface area contributed by atoms with Gasteiger partial charge in [-0.15, -0.1) is 0 Å². The topological polar surface area (TPSA) is 50.7 Å². The highest BCUT2D eigenvalue weighted by molar-refractivity contribution is 6.11. The van der Waals surface area contributed by atoms with Crippen molar-refractivity contribution in [1.29, 1.82) is 0 Å². The highest BCUT2D eigenvalue weighted by atomic mass is 15.0. The molecule has 48 heavy (non-hydrogen) atoms. The Kier molecular flexibility index (Phi) is 9.11. The first-order valence-electron chi connectivity index (χ1n) is 16.2. The van der Waals surface area contributed by atoms with Crippen LogP contribution in [0.1, 0.15) is 16.7 Å². The zero-order valence-electron chi connectivity index (χ0n) is 26.6. The molecule has 0 fully saturated rings. The van der Waals surface area contributed by atoms with Gasteiger partial charge < -0.3 is 5.73 Å². The minimum absolute atomic E-state index is 0.428. The highest BCUT2D eigenvalue weighted by Gasteiger charge is 2.12. The molecule has 0 unspecified atom stereocenters. The van der Waals surface area contributed by atoms with Gasteiger partial charge >= 0.3 is 0 Å². The summed E-state index contributed by atoms with van der Waals surface area (Å²) in [6.45, 7) is 0.475. The van der Waals surface area contributed by atoms with Gasteiger partial charge in [-0.3, -0.25) is 4.99 Å². The smallest absolute Gasteiger partial charge is 0.157 e. The zero-order chi connectivity index (χ0) is 32.5. The van der Waals surface area contributed by atoms with Crippen molar-refractivity contribution in [2.24, 2.45) is 15.7 Å². The van der Waals surface area contributed by atoms with Gasteiger partial charge in [0, 0.05) is 11.1 Å². The van der Waals surface area contributed by atoms with E-state index in [4.69, 9.17) is 15.7 Å². The van der Waals surface area contributed by atoms with Gasteiger partial charge in [0.15, 0.2) is 5.84 Å². The van der Waals surface area contributed by atoms with Crippen molar-refractivity contribution in [2.75, 3.05) is 0 Å². The first-order chi connectivity index (χ1) is 23.7. The molecule has 0 atom stereocenters. The van der Waals surface area contributed by atoms with Crippen molar-refractivity contribution in [1.82, 2.24) is 0 Å². The quantitative estimate of drug-likeness (QED) is 0.134. The fraction of sp³-hybridized carbons (Fsp3) is 0.0222. The van der Waals surface area contributed by atoms with Crippen molar-refractivity contribution in [3.8, 4) is 44.5 Å². The molecule has 0 saturated carbocycles. The number of nitrogens with zero attached hydrogens (tertiary/aromatic N) is 2. The van der Waals surface area contributed by atoms with Gasteiger partial charge in [-0.25, -0.2) is 4.99 Å². The normalized spacial score (nSPS) is 11.8. The number of benzene rings is 7. The van der Waals surface area contributed by atoms with E-state index in [1.807, 2.05) is 42.5 Å². The predicted octanol–water partition coefficient (Wildman–Crippen LogP) is 10.7. The zero-order valence-corrected chi connectivity index (χ0v) is 26.6.